The molecule has 0 aliphatic heterocycles. The Hall–Kier alpha value is -0.560. The number of hydrogen-bond donors (Lipinski definition) is 0. The van der Waals surface area contributed by atoms with Gasteiger partial charge in [-0.25, -0.2) is 4.39 Å². The number of aryl methyl sites for hydroxylation is 1. The zero-order valence-electron chi connectivity index (χ0n) is 8.19. The maximum absolute atomic E-state index is 12.6. The van der Waals surface area contributed by atoms with Crippen molar-refractivity contribution in [3.8, 4) is 0 Å². The van der Waals surface area contributed by atoms with Gasteiger partial charge in [-0.05, 0) is 30.5 Å². The van der Waals surface area contributed by atoms with Gasteiger partial charge < -0.3 is 0 Å². The van der Waals surface area contributed by atoms with E-state index in [1.807, 2.05) is 19.9 Å². The van der Waals surface area contributed by atoms with Crippen molar-refractivity contribution >= 4 is 11.6 Å². The van der Waals surface area contributed by atoms with Crippen molar-refractivity contribution < 1.29 is 4.39 Å². The Balaban J connectivity index is 0.000000671. The number of benzene rings is 1. The number of halogens is 2. The summed E-state index contributed by atoms with van der Waals surface area (Å²) in [5, 5.41) is 0. The molecule has 1 aromatic rings. The molecule has 0 saturated carbocycles. The Morgan fingerprint density at radius 1 is 1.31 bits per heavy atom. The Morgan fingerprint density at radius 2 is 2.00 bits per heavy atom. The lowest BCUT2D eigenvalue weighted by Crippen LogP contribution is -1.86. The highest BCUT2D eigenvalue weighted by Gasteiger charge is 1.93. The van der Waals surface area contributed by atoms with Crippen LogP contribution in [0.1, 0.15) is 25.8 Å². The van der Waals surface area contributed by atoms with Crippen LogP contribution >= 0.6 is 11.6 Å². The molecule has 0 fully saturated rings. The van der Waals surface area contributed by atoms with Crippen LogP contribution in [0.3, 0.4) is 0 Å². The van der Waals surface area contributed by atoms with Gasteiger partial charge in [0, 0.05) is 5.88 Å². The van der Waals surface area contributed by atoms with Gasteiger partial charge in [-0.1, -0.05) is 26.0 Å². The second-order valence-corrected chi connectivity index (χ2v) is 2.80. The third kappa shape index (κ3) is 5.64. The van der Waals surface area contributed by atoms with Gasteiger partial charge >= 0.3 is 0 Å². The molecule has 0 radical (unpaired) electrons. The van der Waals surface area contributed by atoms with E-state index in [-0.39, 0.29) is 5.82 Å². The zero-order chi connectivity index (χ0) is 10.1. The van der Waals surface area contributed by atoms with Crippen molar-refractivity contribution in [2.24, 2.45) is 0 Å². The molecule has 0 unspecified atom stereocenters. The molecule has 0 aliphatic rings. The van der Waals surface area contributed by atoms with Crippen molar-refractivity contribution in [3.05, 3.63) is 35.6 Å². The molecule has 13 heavy (non-hydrogen) atoms. The minimum atomic E-state index is -0.169. The zero-order valence-corrected chi connectivity index (χ0v) is 8.94. The van der Waals surface area contributed by atoms with E-state index in [0.29, 0.717) is 5.88 Å². The van der Waals surface area contributed by atoms with Crippen LogP contribution in [-0.4, -0.2) is 5.88 Å². The number of hydrogen-bond acceptors (Lipinski definition) is 0. The lowest BCUT2D eigenvalue weighted by Gasteiger charge is -1.97. The van der Waals surface area contributed by atoms with E-state index < -0.39 is 0 Å². The summed E-state index contributed by atoms with van der Waals surface area (Å²) in [6.07, 6.45) is 1.77. The summed E-state index contributed by atoms with van der Waals surface area (Å²) < 4.78 is 12.6. The molecule has 0 aromatic heterocycles. The van der Waals surface area contributed by atoms with Gasteiger partial charge in [0.05, 0.1) is 0 Å². The topological polar surface area (TPSA) is 0 Å². The molecule has 0 bridgehead atoms. The molecular weight excluding hydrogens is 187 g/mol. The highest BCUT2D eigenvalue weighted by Crippen LogP contribution is 2.06. The van der Waals surface area contributed by atoms with Crippen molar-refractivity contribution in [2.45, 2.75) is 26.7 Å². The quantitative estimate of drug-likeness (QED) is 0.650. The van der Waals surface area contributed by atoms with Gasteiger partial charge in [0.25, 0.3) is 0 Å². The van der Waals surface area contributed by atoms with E-state index in [2.05, 4.69) is 0 Å². The van der Waals surface area contributed by atoms with Crippen LogP contribution in [0.25, 0.3) is 0 Å². The molecule has 2 heteroatoms. The fourth-order valence-corrected chi connectivity index (χ4v) is 1.10. The van der Waals surface area contributed by atoms with E-state index in [4.69, 9.17) is 11.6 Å². The molecule has 0 spiro atoms. The highest BCUT2D eigenvalue weighted by atomic mass is 35.5. The summed E-state index contributed by atoms with van der Waals surface area (Å²) in [5.74, 6) is 0.466. The molecule has 0 aliphatic carbocycles. The summed E-state index contributed by atoms with van der Waals surface area (Å²) in [6, 6.07) is 6.63. The maximum atomic E-state index is 12.6. The van der Waals surface area contributed by atoms with Gasteiger partial charge in [0.1, 0.15) is 5.82 Å². The van der Waals surface area contributed by atoms with Gasteiger partial charge in [-0.3, -0.25) is 0 Å². The van der Waals surface area contributed by atoms with Crippen LogP contribution in [0, 0.1) is 5.82 Å². The molecule has 1 aromatic carbocycles. The molecular formula is C11H16ClF. The molecule has 0 heterocycles. The van der Waals surface area contributed by atoms with Gasteiger partial charge in [-0.15, -0.1) is 11.6 Å². The summed E-state index contributed by atoms with van der Waals surface area (Å²) in [4.78, 5) is 0. The van der Waals surface area contributed by atoms with Crippen molar-refractivity contribution in [2.75, 3.05) is 5.88 Å². The van der Waals surface area contributed by atoms with E-state index in [1.54, 1.807) is 12.1 Å². The second kappa shape index (κ2) is 8.06. The first-order chi connectivity index (χ1) is 6.33. The summed E-state index contributed by atoms with van der Waals surface area (Å²) in [7, 11) is 0. The Morgan fingerprint density at radius 3 is 2.54 bits per heavy atom. The molecule has 0 amide bonds. The average Bonchev–Trinajstić information content (AvgIpc) is 2.18. The van der Waals surface area contributed by atoms with Gasteiger partial charge in [-0.2, -0.15) is 0 Å². The van der Waals surface area contributed by atoms with Crippen LogP contribution in [0.15, 0.2) is 24.3 Å². The first kappa shape index (κ1) is 12.4. The molecule has 0 saturated heterocycles. The molecule has 1 rings (SSSR count). The third-order valence-corrected chi connectivity index (χ3v) is 1.76. The molecule has 0 nitrogen and oxygen atoms in total. The van der Waals surface area contributed by atoms with Crippen LogP contribution in [0.5, 0.6) is 0 Å². The van der Waals surface area contributed by atoms with Gasteiger partial charge in [0.2, 0.25) is 0 Å². The lowest BCUT2D eigenvalue weighted by atomic mass is 10.1. The van der Waals surface area contributed by atoms with E-state index in [0.717, 1.165) is 18.4 Å². The standard InChI is InChI=1S/C9H10ClF.C2H6/c10-6-2-4-8-3-1-5-9(11)7-8;1-2/h1,3,5,7H,2,4,6H2;1-2H3. The summed E-state index contributed by atoms with van der Waals surface area (Å²) in [6.45, 7) is 4.00. The Labute approximate surface area is 84.7 Å². The average molecular weight is 203 g/mol. The van der Waals surface area contributed by atoms with Crippen molar-refractivity contribution in [3.63, 3.8) is 0 Å². The number of alkyl halides is 1. The minimum Gasteiger partial charge on any atom is -0.207 e. The van der Waals surface area contributed by atoms with Gasteiger partial charge in [0.15, 0.2) is 0 Å². The van der Waals surface area contributed by atoms with Crippen molar-refractivity contribution in [1.82, 2.24) is 0 Å². The predicted octanol–water partition coefficient (Wildman–Crippen LogP) is 4.02. The molecule has 74 valence electrons. The molecule has 0 N–H and O–H groups in total. The van der Waals surface area contributed by atoms with E-state index in [1.165, 1.54) is 6.07 Å². The summed E-state index contributed by atoms with van der Waals surface area (Å²) in [5.41, 5.74) is 1.02. The van der Waals surface area contributed by atoms with Crippen LogP contribution in [-0.2, 0) is 6.42 Å². The molecule has 0 atom stereocenters. The van der Waals surface area contributed by atoms with Crippen LogP contribution in [0.2, 0.25) is 0 Å². The number of rotatable bonds is 3. The second-order valence-electron chi connectivity index (χ2n) is 2.42. The highest BCUT2D eigenvalue weighted by molar-refractivity contribution is 6.17. The predicted molar refractivity (Wildman–Crippen MR) is 56.8 cm³/mol. The first-order valence-electron chi connectivity index (χ1n) is 4.63. The van der Waals surface area contributed by atoms with E-state index in [9.17, 15) is 4.39 Å². The maximum Gasteiger partial charge on any atom is 0.123 e. The van der Waals surface area contributed by atoms with E-state index >= 15 is 0 Å². The van der Waals surface area contributed by atoms with Crippen molar-refractivity contribution in [1.29, 1.82) is 0 Å². The Kier molecular flexibility index (Phi) is 7.71. The minimum absolute atomic E-state index is 0.169. The largest absolute Gasteiger partial charge is 0.207 e. The fourth-order valence-electron chi connectivity index (χ4n) is 0.963. The fraction of sp³-hybridized carbons (Fsp3) is 0.455. The Bertz CT molecular complexity index is 223. The normalized spacial score (nSPS) is 8.92. The summed E-state index contributed by atoms with van der Waals surface area (Å²) >= 11 is 5.50. The van der Waals surface area contributed by atoms with Crippen LogP contribution < -0.4 is 0 Å². The van der Waals surface area contributed by atoms with Crippen LogP contribution in [0.4, 0.5) is 4.39 Å². The smallest absolute Gasteiger partial charge is 0.123 e. The monoisotopic (exact) mass is 202 g/mol. The third-order valence-electron chi connectivity index (χ3n) is 1.49. The lowest BCUT2D eigenvalue weighted by molar-refractivity contribution is 0.625. The first-order valence-corrected chi connectivity index (χ1v) is 5.17. The SMILES string of the molecule is CC.Fc1cccc(CCCCl)c1.